The van der Waals surface area contributed by atoms with Gasteiger partial charge in [-0.15, -0.1) is 0 Å². The first-order chi connectivity index (χ1) is 13.6. The lowest BCUT2D eigenvalue weighted by Crippen LogP contribution is -2.50. The molecule has 0 spiro atoms. The number of benzene rings is 1. The second kappa shape index (κ2) is 8.39. The minimum Gasteiger partial charge on any atom is -0.444 e. The highest BCUT2D eigenvalue weighted by atomic mass is 79.9. The first kappa shape index (κ1) is 21.7. The SMILES string of the molecule is CC(C)(C)OC(=O)N1[C@@H]2CC[C@H]1CC(C(=O)C(=Nc1ccc(F)c(Br)c1)NO)C2. The number of rotatable bonds is 3. The van der Waals surface area contributed by atoms with Crippen LogP contribution in [-0.4, -0.2) is 45.5 Å². The minimum absolute atomic E-state index is 0.0718. The van der Waals surface area contributed by atoms with E-state index >= 15 is 0 Å². The van der Waals surface area contributed by atoms with Crippen LogP contribution in [0.5, 0.6) is 0 Å². The summed E-state index contributed by atoms with van der Waals surface area (Å²) in [6.45, 7) is 5.48. The highest BCUT2D eigenvalue weighted by Gasteiger charge is 2.47. The zero-order valence-electron chi connectivity index (χ0n) is 16.6. The van der Waals surface area contributed by atoms with Crippen molar-refractivity contribution in [2.75, 3.05) is 0 Å². The molecule has 3 atom stereocenters. The van der Waals surface area contributed by atoms with E-state index < -0.39 is 11.4 Å². The molecule has 1 amide bonds. The number of fused-ring (bicyclic) bond motifs is 2. The molecule has 2 saturated heterocycles. The lowest BCUT2D eigenvalue weighted by Gasteiger charge is -2.39. The van der Waals surface area contributed by atoms with Gasteiger partial charge in [0.05, 0.1) is 10.2 Å². The van der Waals surface area contributed by atoms with Gasteiger partial charge in [-0.25, -0.2) is 19.7 Å². The molecule has 1 unspecified atom stereocenters. The Kier molecular flexibility index (Phi) is 6.28. The molecule has 2 aliphatic rings. The summed E-state index contributed by atoms with van der Waals surface area (Å²) < 4.78 is 19.1. The fourth-order valence-corrected chi connectivity index (χ4v) is 4.38. The van der Waals surface area contributed by atoms with E-state index in [-0.39, 0.29) is 40.2 Å². The van der Waals surface area contributed by atoms with Gasteiger partial charge in [-0.3, -0.25) is 10.0 Å². The van der Waals surface area contributed by atoms with Crippen molar-refractivity contribution in [1.29, 1.82) is 0 Å². The van der Waals surface area contributed by atoms with Crippen LogP contribution in [0.2, 0.25) is 0 Å². The topological polar surface area (TPSA) is 91.2 Å². The van der Waals surface area contributed by atoms with Gasteiger partial charge in [0.15, 0.2) is 5.84 Å². The number of carbonyl (C=O) groups excluding carboxylic acids is 2. The average Bonchev–Trinajstić information content (AvgIpc) is 2.91. The van der Waals surface area contributed by atoms with Crippen molar-refractivity contribution in [1.82, 2.24) is 10.4 Å². The minimum atomic E-state index is -0.576. The van der Waals surface area contributed by atoms with Crippen LogP contribution in [0.4, 0.5) is 14.9 Å². The van der Waals surface area contributed by atoms with Crippen LogP contribution in [0, 0.1) is 11.7 Å². The van der Waals surface area contributed by atoms with Crippen molar-refractivity contribution >= 4 is 39.3 Å². The quantitative estimate of drug-likeness (QED) is 0.390. The van der Waals surface area contributed by atoms with Crippen LogP contribution in [0.3, 0.4) is 0 Å². The Labute approximate surface area is 177 Å². The molecule has 7 nitrogen and oxygen atoms in total. The highest BCUT2D eigenvalue weighted by Crippen LogP contribution is 2.40. The summed E-state index contributed by atoms with van der Waals surface area (Å²) in [5.41, 5.74) is 1.64. The summed E-state index contributed by atoms with van der Waals surface area (Å²) in [6.07, 6.45) is 2.27. The molecular weight excluding hydrogens is 445 g/mol. The number of Topliss-reactive ketones (excluding diaryl/α,β-unsaturated/α-hetero) is 1. The van der Waals surface area contributed by atoms with E-state index in [0.717, 1.165) is 12.8 Å². The molecule has 1 aromatic carbocycles. The second-order valence-electron chi connectivity index (χ2n) is 8.48. The fourth-order valence-electron chi connectivity index (χ4n) is 4.02. The van der Waals surface area contributed by atoms with E-state index in [0.29, 0.717) is 18.5 Å². The van der Waals surface area contributed by atoms with Crippen molar-refractivity contribution < 1.29 is 23.9 Å². The third-order valence-corrected chi connectivity index (χ3v) is 5.80. The number of amidine groups is 1. The average molecular weight is 470 g/mol. The number of hydrogen-bond acceptors (Lipinski definition) is 5. The summed E-state index contributed by atoms with van der Waals surface area (Å²) in [7, 11) is 0. The molecule has 9 heteroatoms. The maximum Gasteiger partial charge on any atom is 0.410 e. The van der Waals surface area contributed by atoms with Crippen LogP contribution < -0.4 is 5.48 Å². The predicted molar refractivity (Wildman–Crippen MR) is 109 cm³/mol. The van der Waals surface area contributed by atoms with Gasteiger partial charge in [0.25, 0.3) is 0 Å². The molecule has 2 N–H and O–H groups in total. The van der Waals surface area contributed by atoms with Gasteiger partial charge in [0.1, 0.15) is 11.4 Å². The molecule has 3 rings (SSSR count). The number of aliphatic imine (C=N–C) groups is 1. The van der Waals surface area contributed by atoms with E-state index in [9.17, 15) is 19.2 Å². The Balaban J connectivity index is 1.73. The molecule has 1 aromatic rings. The molecule has 0 saturated carbocycles. The maximum absolute atomic E-state index is 13.4. The summed E-state index contributed by atoms with van der Waals surface area (Å²) in [6, 6.07) is 3.92. The van der Waals surface area contributed by atoms with Gasteiger partial charge in [0.2, 0.25) is 5.78 Å². The lowest BCUT2D eigenvalue weighted by molar-refractivity contribution is -0.119. The molecular formula is C20H25BrFN3O4. The Hall–Kier alpha value is -2.00. The van der Waals surface area contributed by atoms with E-state index in [1.54, 1.807) is 4.90 Å². The predicted octanol–water partition coefficient (Wildman–Crippen LogP) is 4.34. The van der Waals surface area contributed by atoms with E-state index in [1.807, 2.05) is 26.3 Å². The van der Waals surface area contributed by atoms with Crippen molar-refractivity contribution in [2.24, 2.45) is 10.9 Å². The Morgan fingerprint density at radius 3 is 2.41 bits per heavy atom. The zero-order chi connectivity index (χ0) is 21.3. The Bertz CT molecular complexity index is 826. The monoisotopic (exact) mass is 469 g/mol. The van der Waals surface area contributed by atoms with E-state index in [1.165, 1.54) is 18.2 Å². The first-order valence-corrected chi connectivity index (χ1v) is 10.4. The highest BCUT2D eigenvalue weighted by molar-refractivity contribution is 9.10. The first-order valence-electron chi connectivity index (χ1n) is 9.58. The van der Waals surface area contributed by atoms with Crippen molar-refractivity contribution in [3.8, 4) is 0 Å². The number of hydroxylamine groups is 1. The molecule has 2 aliphatic heterocycles. The number of carbonyl (C=O) groups is 2. The molecule has 2 heterocycles. The Morgan fingerprint density at radius 2 is 1.90 bits per heavy atom. The van der Waals surface area contributed by atoms with Gasteiger partial charge >= 0.3 is 6.09 Å². The third-order valence-electron chi connectivity index (χ3n) is 5.19. The smallest absolute Gasteiger partial charge is 0.410 e. The molecule has 2 bridgehead atoms. The maximum atomic E-state index is 13.4. The number of nitrogens with one attached hydrogen (secondary N) is 1. The van der Waals surface area contributed by atoms with Gasteiger partial charge in [-0.1, -0.05) is 0 Å². The summed E-state index contributed by atoms with van der Waals surface area (Å²) in [5.74, 6) is -1.33. The lowest BCUT2D eigenvalue weighted by atomic mass is 9.87. The second-order valence-corrected chi connectivity index (χ2v) is 9.33. The van der Waals surface area contributed by atoms with Crippen LogP contribution in [0.15, 0.2) is 27.7 Å². The zero-order valence-corrected chi connectivity index (χ0v) is 18.2. The van der Waals surface area contributed by atoms with Crippen molar-refractivity contribution in [3.63, 3.8) is 0 Å². The third kappa shape index (κ3) is 4.95. The van der Waals surface area contributed by atoms with Crippen LogP contribution >= 0.6 is 15.9 Å². The standard InChI is InChI=1S/C20H25BrFN3O4/c1-20(2,3)29-19(27)25-13-5-6-14(25)9-11(8-13)17(26)18(24-28)23-12-4-7-16(22)15(21)10-12/h4,7,10-11,13-14,28H,5-6,8-9H2,1-3H3,(H,23,24)/t11?,13-,14+. The normalized spacial score (nSPS) is 24.4. The number of hydrogen-bond donors (Lipinski definition) is 2. The Morgan fingerprint density at radius 1 is 1.28 bits per heavy atom. The van der Waals surface area contributed by atoms with E-state index in [2.05, 4.69) is 20.9 Å². The molecule has 0 aliphatic carbocycles. The van der Waals surface area contributed by atoms with Gasteiger partial charge in [-0.05, 0) is 80.6 Å². The number of halogens is 2. The van der Waals surface area contributed by atoms with E-state index in [4.69, 9.17) is 4.74 Å². The molecule has 158 valence electrons. The van der Waals surface area contributed by atoms with Crippen molar-refractivity contribution in [3.05, 3.63) is 28.5 Å². The van der Waals surface area contributed by atoms with Gasteiger partial charge < -0.3 is 9.64 Å². The number of piperidine rings is 1. The molecule has 2 fully saturated rings. The summed E-state index contributed by atoms with van der Waals surface area (Å²) in [5, 5.41) is 9.46. The van der Waals surface area contributed by atoms with Gasteiger partial charge in [-0.2, -0.15) is 0 Å². The fraction of sp³-hybridized carbons (Fsp3) is 0.550. The van der Waals surface area contributed by atoms with Crippen molar-refractivity contribution in [2.45, 2.75) is 64.1 Å². The van der Waals surface area contributed by atoms with Crippen LogP contribution in [-0.2, 0) is 9.53 Å². The summed E-state index contributed by atoms with van der Waals surface area (Å²) in [4.78, 5) is 31.4. The summed E-state index contributed by atoms with van der Waals surface area (Å²) >= 11 is 3.07. The number of ketones is 1. The molecule has 29 heavy (non-hydrogen) atoms. The number of amides is 1. The number of ether oxygens (including phenoxy) is 1. The van der Waals surface area contributed by atoms with Crippen LogP contribution in [0.1, 0.15) is 46.5 Å². The molecule has 0 aromatic heterocycles. The number of nitrogens with zero attached hydrogens (tertiary/aromatic N) is 2. The molecule has 0 radical (unpaired) electrons. The largest absolute Gasteiger partial charge is 0.444 e. The van der Waals surface area contributed by atoms with Gasteiger partial charge in [0, 0.05) is 18.0 Å². The van der Waals surface area contributed by atoms with Crippen LogP contribution in [0.25, 0.3) is 0 Å².